The lowest BCUT2D eigenvalue weighted by Crippen LogP contribution is -2.12. The van der Waals surface area contributed by atoms with Crippen LogP contribution in [-0.2, 0) is 0 Å². The minimum atomic E-state index is -0.253. The Bertz CT molecular complexity index is 510. The average molecular weight is 231 g/mol. The molecule has 88 valence electrons. The number of benzene rings is 1. The van der Waals surface area contributed by atoms with E-state index >= 15 is 0 Å². The van der Waals surface area contributed by atoms with Gasteiger partial charge in [-0.1, -0.05) is 0 Å². The molecule has 1 rings (SSSR count). The van der Waals surface area contributed by atoms with E-state index in [2.05, 4.69) is 5.32 Å². The van der Waals surface area contributed by atoms with E-state index in [-0.39, 0.29) is 28.7 Å². The summed E-state index contributed by atoms with van der Waals surface area (Å²) in [5, 5.41) is 30.8. The molecule has 17 heavy (non-hydrogen) atoms. The van der Waals surface area contributed by atoms with Gasteiger partial charge in [0, 0.05) is 12.1 Å². The number of aromatic hydroxyl groups is 1. The van der Waals surface area contributed by atoms with E-state index in [0.29, 0.717) is 5.69 Å². The number of methoxy groups -OCH3 is 1. The zero-order chi connectivity index (χ0) is 13.0. The van der Waals surface area contributed by atoms with Crippen LogP contribution in [0.1, 0.15) is 25.0 Å². The number of rotatable bonds is 3. The topological polar surface area (TPSA) is 89.1 Å². The third-order valence-electron chi connectivity index (χ3n) is 2.15. The van der Waals surface area contributed by atoms with Crippen molar-refractivity contribution in [2.75, 3.05) is 12.4 Å². The Morgan fingerprint density at radius 1 is 1.35 bits per heavy atom. The highest BCUT2D eigenvalue weighted by Crippen LogP contribution is 2.37. The number of hydrogen-bond donors (Lipinski definition) is 2. The molecule has 0 aliphatic carbocycles. The van der Waals surface area contributed by atoms with Crippen molar-refractivity contribution in [1.29, 1.82) is 10.5 Å². The highest BCUT2D eigenvalue weighted by molar-refractivity contribution is 5.74. The lowest BCUT2D eigenvalue weighted by atomic mass is 10.1. The van der Waals surface area contributed by atoms with Crippen LogP contribution in [0.4, 0.5) is 5.69 Å². The number of nitriles is 2. The Hall–Kier alpha value is -2.40. The van der Waals surface area contributed by atoms with Crippen molar-refractivity contribution in [3.8, 4) is 23.6 Å². The summed E-state index contributed by atoms with van der Waals surface area (Å²) < 4.78 is 4.91. The molecule has 0 aliphatic heterocycles. The second-order valence-corrected chi connectivity index (χ2v) is 3.75. The highest BCUT2D eigenvalue weighted by atomic mass is 16.5. The highest BCUT2D eigenvalue weighted by Gasteiger charge is 2.18. The van der Waals surface area contributed by atoms with Gasteiger partial charge in [0.1, 0.15) is 17.7 Å². The van der Waals surface area contributed by atoms with Gasteiger partial charge in [0.2, 0.25) is 0 Å². The number of anilines is 1. The zero-order valence-electron chi connectivity index (χ0n) is 9.90. The fourth-order valence-corrected chi connectivity index (χ4v) is 1.44. The maximum atomic E-state index is 9.81. The maximum Gasteiger partial charge on any atom is 0.178 e. The van der Waals surface area contributed by atoms with Gasteiger partial charge in [0.05, 0.1) is 18.4 Å². The second kappa shape index (κ2) is 5.09. The van der Waals surface area contributed by atoms with Crippen LogP contribution >= 0.6 is 0 Å². The molecule has 5 heteroatoms. The Labute approximate surface area is 99.9 Å². The summed E-state index contributed by atoms with van der Waals surface area (Å²) in [6, 6.07) is 5.30. The molecule has 0 aromatic heterocycles. The summed E-state index contributed by atoms with van der Waals surface area (Å²) in [4.78, 5) is 0. The van der Waals surface area contributed by atoms with E-state index in [1.54, 1.807) is 0 Å². The van der Waals surface area contributed by atoms with E-state index in [1.807, 2.05) is 26.0 Å². The molecular weight excluding hydrogens is 218 g/mol. The van der Waals surface area contributed by atoms with Crippen LogP contribution in [0.15, 0.2) is 6.07 Å². The molecule has 0 amide bonds. The minimum absolute atomic E-state index is 0.0228. The van der Waals surface area contributed by atoms with Crippen molar-refractivity contribution >= 4 is 5.69 Å². The van der Waals surface area contributed by atoms with Gasteiger partial charge in [-0.3, -0.25) is 0 Å². The third-order valence-corrected chi connectivity index (χ3v) is 2.15. The quantitative estimate of drug-likeness (QED) is 0.830. The molecule has 0 atom stereocenters. The predicted octanol–water partition coefficient (Wildman–Crippen LogP) is 1.96. The molecule has 0 saturated carbocycles. The van der Waals surface area contributed by atoms with Crippen molar-refractivity contribution in [3.05, 3.63) is 17.2 Å². The zero-order valence-corrected chi connectivity index (χ0v) is 9.90. The SMILES string of the molecule is COc1cc(C#N)c(NC(C)C)c(C#N)c1O. The van der Waals surface area contributed by atoms with Crippen molar-refractivity contribution in [3.63, 3.8) is 0 Å². The van der Waals surface area contributed by atoms with Crippen LogP contribution in [0, 0.1) is 22.7 Å². The molecule has 1 aromatic rings. The van der Waals surface area contributed by atoms with Crippen LogP contribution in [0.5, 0.6) is 11.5 Å². The molecule has 1 aromatic carbocycles. The third kappa shape index (κ3) is 2.40. The number of nitrogens with one attached hydrogen (secondary N) is 1. The summed E-state index contributed by atoms with van der Waals surface area (Å²) in [7, 11) is 1.37. The van der Waals surface area contributed by atoms with Crippen LogP contribution in [0.3, 0.4) is 0 Å². The van der Waals surface area contributed by atoms with Gasteiger partial charge in [-0.05, 0) is 13.8 Å². The minimum Gasteiger partial charge on any atom is -0.503 e. The van der Waals surface area contributed by atoms with Gasteiger partial charge >= 0.3 is 0 Å². The molecule has 5 nitrogen and oxygen atoms in total. The molecule has 0 spiro atoms. The van der Waals surface area contributed by atoms with Gasteiger partial charge in [0.15, 0.2) is 11.5 Å². The molecule has 0 aliphatic rings. The number of phenols is 1. The molecular formula is C12H13N3O2. The molecule has 2 N–H and O–H groups in total. The molecule has 0 fully saturated rings. The number of hydrogen-bond acceptors (Lipinski definition) is 5. The van der Waals surface area contributed by atoms with E-state index in [9.17, 15) is 5.11 Å². The normalized spacial score (nSPS) is 9.53. The molecule has 0 unspecified atom stereocenters. The first-order valence-electron chi connectivity index (χ1n) is 5.05. The summed E-state index contributed by atoms with van der Waals surface area (Å²) in [5.74, 6) is -0.135. The predicted molar refractivity (Wildman–Crippen MR) is 62.8 cm³/mol. The molecule has 0 radical (unpaired) electrons. The number of ether oxygens (including phenoxy) is 1. The summed E-state index contributed by atoms with van der Waals surface area (Å²) in [5.41, 5.74) is 0.628. The first kappa shape index (κ1) is 12.7. The second-order valence-electron chi connectivity index (χ2n) is 3.75. The Morgan fingerprint density at radius 2 is 2.00 bits per heavy atom. The molecule has 0 saturated heterocycles. The Morgan fingerprint density at radius 3 is 2.41 bits per heavy atom. The van der Waals surface area contributed by atoms with Crippen molar-refractivity contribution in [2.24, 2.45) is 0 Å². The van der Waals surface area contributed by atoms with Crippen molar-refractivity contribution < 1.29 is 9.84 Å². The van der Waals surface area contributed by atoms with Gasteiger partial charge in [-0.25, -0.2) is 0 Å². The van der Waals surface area contributed by atoms with Crippen molar-refractivity contribution in [1.82, 2.24) is 0 Å². The van der Waals surface area contributed by atoms with Crippen LogP contribution < -0.4 is 10.1 Å². The lowest BCUT2D eigenvalue weighted by molar-refractivity contribution is 0.373. The first-order chi connectivity index (χ1) is 8.04. The van der Waals surface area contributed by atoms with E-state index in [1.165, 1.54) is 13.2 Å². The standard InChI is InChI=1S/C12H13N3O2/c1-7(2)15-11-8(5-13)4-10(17-3)12(16)9(11)6-14/h4,7,15-16H,1-3H3. The monoisotopic (exact) mass is 231 g/mol. The molecule has 0 heterocycles. The van der Waals surface area contributed by atoms with Crippen LogP contribution in [-0.4, -0.2) is 18.3 Å². The van der Waals surface area contributed by atoms with E-state index in [4.69, 9.17) is 15.3 Å². The van der Waals surface area contributed by atoms with Gasteiger partial charge in [0.25, 0.3) is 0 Å². The largest absolute Gasteiger partial charge is 0.503 e. The fraction of sp³-hybridized carbons (Fsp3) is 0.333. The van der Waals surface area contributed by atoms with E-state index in [0.717, 1.165) is 0 Å². The number of nitrogens with zero attached hydrogens (tertiary/aromatic N) is 2. The lowest BCUT2D eigenvalue weighted by Gasteiger charge is -2.15. The molecule has 0 bridgehead atoms. The summed E-state index contributed by atoms with van der Waals surface area (Å²) >= 11 is 0. The number of phenolic OH excluding ortho intramolecular Hbond substituents is 1. The van der Waals surface area contributed by atoms with E-state index < -0.39 is 0 Å². The fourth-order valence-electron chi connectivity index (χ4n) is 1.44. The maximum absolute atomic E-state index is 9.81. The summed E-state index contributed by atoms with van der Waals surface area (Å²) in [6.07, 6.45) is 0. The Kier molecular flexibility index (Phi) is 3.79. The van der Waals surface area contributed by atoms with Crippen LogP contribution in [0.25, 0.3) is 0 Å². The Balaban J connectivity index is 3.52. The van der Waals surface area contributed by atoms with Gasteiger partial charge in [-0.15, -0.1) is 0 Å². The van der Waals surface area contributed by atoms with Gasteiger partial charge in [-0.2, -0.15) is 10.5 Å². The summed E-state index contributed by atoms with van der Waals surface area (Å²) in [6.45, 7) is 3.76. The first-order valence-corrected chi connectivity index (χ1v) is 5.05. The van der Waals surface area contributed by atoms with Crippen molar-refractivity contribution in [2.45, 2.75) is 19.9 Å². The average Bonchev–Trinajstić information content (AvgIpc) is 2.29. The smallest absolute Gasteiger partial charge is 0.178 e. The van der Waals surface area contributed by atoms with Crippen LogP contribution in [0.2, 0.25) is 0 Å². The van der Waals surface area contributed by atoms with Gasteiger partial charge < -0.3 is 15.2 Å².